The van der Waals surface area contributed by atoms with Gasteiger partial charge in [-0.3, -0.25) is 0 Å². The van der Waals surface area contributed by atoms with E-state index in [9.17, 15) is 5.21 Å². The number of benzene rings is 1. The SMILES string of the molecule is NC(Cl)=Nc1ccc2c(c1[NH2+]O)CCCC2. The van der Waals surface area contributed by atoms with Crippen LogP contribution in [0, 0.1) is 0 Å². The van der Waals surface area contributed by atoms with Gasteiger partial charge >= 0.3 is 0 Å². The number of halogens is 1. The van der Waals surface area contributed by atoms with Crippen molar-refractivity contribution in [3.63, 3.8) is 0 Å². The van der Waals surface area contributed by atoms with Gasteiger partial charge < -0.3 is 5.73 Å². The highest BCUT2D eigenvalue weighted by atomic mass is 35.5. The molecule has 1 aromatic rings. The minimum absolute atomic E-state index is 0.0149. The van der Waals surface area contributed by atoms with Crippen molar-refractivity contribution < 1.29 is 10.7 Å². The molecule has 2 rings (SSSR count). The Kier molecular flexibility index (Phi) is 3.43. The number of aliphatic imine (C=N–C) groups is 1. The van der Waals surface area contributed by atoms with Crippen molar-refractivity contribution in [2.45, 2.75) is 25.7 Å². The van der Waals surface area contributed by atoms with E-state index in [2.05, 4.69) is 4.99 Å². The first-order chi connectivity index (χ1) is 7.72. The average molecular weight is 241 g/mol. The Bertz CT molecular complexity index is 427. The number of hydrogen-bond acceptors (Lipinski definition) is 2. The van der Waals surface area contributed by atoms with Crippen molar-refractivity contribution in [1.29, 1.82) is 0 Å². The number of nitrogens with two attached hydrogens (primary N) is 2. The van der Waals surface area contributed by atoms with E-state index in [0.29, 0.717) is 5.69 Å². The summed E-state index contributed by atoms with van der Waals surface area (Å²) in [5.74, 6) is 0. The molecule has 0 saturated carbocycles. The van der Waals surface area contributed by atoms with Gasteiger partial charge in [0.25, 0.3) is 0 Å². The molecule has 1 aliphatic carbocycles. The molecule has 5 heteroatoms. The zero-order chi connectivity index (χ0) is 11.5. The number of aryl methyl sites for hydroxylation is 1. The lowest BCUT2D eigenvalue weighted by Crippen LogP contribution is -2.74. The van der Waals surface area contributed by atoms with Crippen molar-refractivity contribution in [2.75, 3.05) is 0 Å². The Hall–Kier alpha value is -1.10. The molecule has 86 valence electrons. The molecule has 5 N–H and O–H groups in total. The largest absolute Gasteiger partial charge is 0.374 e. The molecule has 0 atom stereocenters. The van der Waals surface area contributed by atoms with Crippen molar-refractivity contribution >= 4 is 28.3 Å². The quantitative estimate of drug-likeness (QED) is 0.240. The Morgan fingerprint density at radius 1 is 1.38 bits per heavy atom. The second kappa shape index (κ2) is 4.82. The number of quaternary nitrogens is 1. The van der Waals surface area contributed by atoms with E-state index in [1.54, 1.807) is 0 Å². The maximum absolute atomic E-state index is 9.31. The number of fused-ring (bicyclic) bond motifs is 1. The number of rotatable bonds is 2. The fraction of sp³-hybridized carbons (Fsp3) is 0.364. The lowest BCUT2D eigenvalue weighted by Gasteiger charge is -2.17. The zero-order valence-electron chi connectivity index (χ0n) is 8.91. The smallest absolute Gasteiger partial charge is 0.194 e. The lowest BCUT2D eigenvalue weighted by molar-refractivity contribution is -0.825. The van der Waals surface area contributed by atoms with Gasteiger partial charge in [-0.25, -0.2) is 10.2 Å². The summed E-state index contributed by atoms with van der Waals surface area (Å²) in [4.78, 5) is 4.01. The van der Waals surface area contributed by atoms with Crippen molar-refractivity contribution in [3.05, 3.63) is 23.3 Å². The molecular weight excluding hydrogens is 226 g/mol. The van der Waals surface area contributed by atoms with E-state index < -0.39 is 0 Å². The van der Waals surface area contributed by atoms with E-state index in [0.717, 1.165) is 30.4 Å². The monoisotopic (exact) mass is 240 g/mol. The van der Waals surface area contributed by atoms with Crippen LogP contribution in [-0.4, -0.2) is 10.5 Å². The van der Waals surface area contributed by atoms with Gasteiger partial charge in [-0.05, 0) is 48.9 Å². The van der Waals surface area contributed by atoms with E-state index in [4.69, 9.17) is 17.3 Å². The van der Waals surface area contributed by atoms with Crippen LogP contribution in [0.2, 0.25) is 0 Å². The van der Waals surface area contributed by atoms with Gasteiger partial charge in [0, 0.05) is 5.56 Å². The summed E-state index contributed by atoms with van der Waals surface area (Å²) in [6.45, 7) is 0. The van der Waals surface area contributed by atoms with Gasteiger partial charge in [-0.15, -0.1) is 0 Å². The van der Waals surface area contributed by atoms with Gasteiger partial charge in [0.05, 0.1) is 0 Å². The molecule has 0 saturated heterocycles. The van der Waals surface area contributed by atoms with Crippen LogP contribution in [0.4, 0.5) is 11.4 Å². The van der Waals surface area contributed by atoms with Gasteiger partial charge in [0.15, 0.2) is 11.0 Å². The Morgan fingerprint density at radius 2 is 2.12 bits per heavy atom. The molecule has 0 unspecified atom stereocenters. The van der Waals surface area contributed by atoms with Crippen molar-refractivity contribution in [1.82, 2.24) is 0 Å². The van der Waals surface area contributed by atoms with E-state index in [-0.39, 0.29) is 5.29 Å². The summed E-state index contributed by atoms with van der Waals surface area (Å²) in [5.41, 5.74) is 10.3. The zero-order valence-corrected chi connectivity index (χ0v) is 9.67. The summed E-state index contributed by atoms with van der Waals surface area (Å²) in [5, 5.41) is 9.29. The summed E-state index contributed by atoms with van der Waals surface area (Å²) < 4.78 is 0. The molecule has 1 aliphatic rings. The molecule has 0 amide bonds. The van der Waals surface area contributed by atoms with Gasteiger partial charge in [-0.2, -0.15) is 5.48 Å². The average Bonchev–Trinajstić information content (AvgIpc) is 2.28. The summed E-state index contributed by atoms with van der Waals surface area (Å²) in [6.07, 6.45) is 4.40. The molecule has 4 nitrogen and oxygen atoms in total. The predicted octanol–water partition coefficient (Wildman–Crippen LogP) is 1.33. The maximum atomic E-state index is 9.31. The molecule has 1 aromatic carbocycles. The molecule has 0 aromatic heterocycles. The molecular formula is C11H15ClN3O+. The van der Waals surface area contributed by atoms with Gasteiger partial charge in [0.1, 0.15) is 5.69 Å². The molecule has 0 spiro atoms. The van der Waals surface area contributed by atoms with Crippen LogP contribution in [0.3, 0.4) is 0 Å². The molecule has 0 radical (unpaired) electrons. The standard InChI is InChI=1S/C11H14ClN3O/c12-11(13)14-9-6-5-7-3-1-2-4-8(7)10(9)15-16/h5-6,15-16H,1-4H2,(H2,13,14)/p+1. The number of hydrogen-bond donors (Lipinski definition) is 3. The third-order valence-electron chi connectivity index (χ3n) is 2.91. The first kappa shape index (κ1) is 11.4. The van der Waals surface area contributed by atoms with E-state index in [1.807, 2.05) is 12.1 Å². The van der Waals surface area contributed by atoms with Crippen LogP contribution < -0.4 is 11.2 Å². The second-order valence-electron chi connectivity index (χ2n) is 3.91. The van der Waals surface area contributed by atoms with Gasteiger partial charge in [-0.1, -0.05) is 6.07 Å². The predicted molar refractivity (Wildman–Crippen MR) is 63.6 cm³/mol. The number of nitrogens with zero attached hydrogens (tertiary/aromatic N) is 1. The fourth-order valence-corrected chi connectivity index (χ4v) is 2.29. The lowest BCUT2D eigenvalue weighted by atomic mass is 9.90. The van der Waals surface area contributed by atoms with E-state index >= 15 is 0 Å². The van der Waals surface area contributed by atoms with Crippen LogP contribution in [0.1, 0.15) is 24.0 Å². The van der Waals surface area contributed by atoms with Crippen molar-refractivity contribution in [2.24, 2.45) is 10.7 Å². The highest BCUT2D eigenvalue weighted by Crippen LogP contribution is 2.32. The van der Waals surface area contributed by atoms with Crippen molar-refractivity contribution in [3.8, 4) is 0 Å². The minimum atomic E-state index is -0.0149. The fourth-order valence-electron chi connectivity index (χ4n) is 2.20. The van der Waals surface area contributed by atoms with E-state index in [1.165, 1.54) is 17.5 Å². The van der Waals surface area contributed by atoms with Gasteiger partial charge in [0.2, 0.25) is 0 Å². The first-order valence-corrected chi connectivity index (χ1v) is 5.72. The minimum Gasteiger partial charge on any atom is -0.374 e. The third kappa shape index (κ3) is 2.19. The Labute approximate surface area is 99.1 Å². The second-order valence-corrected chi connectivity index (χ2v) is 4.29. The first-order valence-electron chi connectivity index (χ1n) is 5.34. The third-order valence-corrected chi connectivity index (χ3v) is 2.99. The molecule has 0 fully saturated rings. The van der Waals surface area contributed by atoms with Crippen LogP contribution in [0.25, 0.3) is 0 Å². The normalized spacial score (nSPS) is 16.0. The number of amidine groups is 1. The Morgan fingerprint density at radius 3 is 2.81 bits per heavy atom. The maximum Gasteiger partial charge on any atom is 0.194 e. The summed E-state index contributed by atoms with van der Waals surface area (Å²) in [6, 6.07) is 3.89. The highest BCUT2D eigenvalue weighted by molar-refractivity contribution is 6.64. The summed E-state index contributed by atoms with van der Waals surface area (Å²) >= 11 is 5.56. The van der Waals surface area contributed by atoms with Crippen LogP contribution in [0.15, 0.2) is 17.1 Å². The highest BCUT2D eigenvalue weighted by Gasteiger charge is 2.19. The summed E-state index contributed by atoms with van der Waals surface area (Å²) in [7, 11) is 0. The molecule has 16 heavy (non-hydrogen) atoms. The molecule has 0 bridgehead atoms. The van der Waals surface area contributed by atoms with Crippen LogP contribution in [0.5, 0.6) is 0 Å². The molecule has 0 aliphatic heterocycles. The Balaban J connectivity index is 2.51. The topological polar surface area (TPSA) is 75.2 Å². The molecule has 0 heterocycles. The van der Waals surface area contributed by atoms with Crippen LogP contribution >= 0.6 is 11.6 Å². The van der Waals surface area contributed by atoms with Crippen LogP contribution in [-0.2, 0) is 12.8 Å².